The van der Waals surface area contributed by atoms with E-state index in [9.17, 15) is 0 Å². The van der Waals surface area contributed by atoms with E-state index in [2.05, 4.69) is 37.4 Å². The van der Waals surface area contributed by atoms with Crippen LogP contribution < -0.4 is 5.32 Å². The van der Waals surface area contributed by atoms with Crippen molar-refractivity contribution in [3.8, 4) is 0 Å². The van der Waals surface area contributed by atoms with Crippen molar-refractivity contribution in [2.75, 3.05) is 7.11 Å². The molecule has 2 unspecified atom stereocenters. The summed E-state index contributed by atoms with van der Waals surface area (Å²) in [6.07, 6.45) is 4.12. The molecule has 1 aliphatic carbocycles. The van der Waals surface area contributed by atoms with Crippen molar-refractivity contribution in [3.05, 3.63) is 34.9 Å². The van der Waals surface area contributed by atoms with Gasteiger partial charge in [-0.1, -0.05) is 18.2 Å². The minimum absolute atomic E-state index is 0.402. The van der Waals surface area contributed by atoms with Crippen molar-refractivity contribution in [1.29, 1.82) is 0 Å². The molecule has 1 aromatic rings. The highest BCUT2D eigenvalue weighted by molar-refractivity contribution is 5.33. The summed E-state index contributed by atoms with van der Waals surface area (Å²) in [7, 11) is 1.82. The number of nitrogens with one attached hydrogen (secondary N) is 1. The molecule has 0 saturated heterocycles. The first kappa shape index (κ1) is 12.6. The number of methoxy groups -OCH3 is 1. The third-order valence-electron chi connectivity index (χ3n) is 3.94. The highest BCUT2D eigenvalue weighted by Crippen LogP contribution is 2.22. The predicted molar refractivity (Wildman–Crippen MR) is 71.2 cm³/mol. The topological polar surface area (TPSA) is 21.3 Å². The van der Waals surface area contributed by atoms with Crippen molar-refractivity contribution in [2.24, 2.45) is 0 Å². The maximum absolute atomic E-state index is 5.51. The number of aryl methyl sites for hydroxylation is 2. The van der Waals surface area contributed by atoms with Crippen LogP contribution in [-0.4, -0.2) is 19.3 Å². The Hall–Kier alpha value is -0.860. The molecule has 94 valence electrons. The van der Waals surface area contributed by atoms with Crippen molar-refractivity contribution in [1.82, 2.24) is 5.32 Å². The molecular formula is C15H23NO. The van der Waals surface area contributed by atoms with Gasteiger partial charge in [0.1, 0.15) is 0 Å². The standard InChI is InChI=1S/C15H23NO/c1-11-6-4-7-12(2)13(11)10-16-14-8-5-9-15(14)17-3/h4,6-7,14-16H,5,8-10H2,1-3H3. The molecule has 2 nitrogen and oxygen atoms in total. The average molecular weight is 233 g/mol. The van der Waals surface area contributed by atoms with E-state index >= 15 is 0 Å². The third kappa shape index (κ3) is 2.88. The zero-order chi connectivity index (χ0) is 12.3. The number of benzene rings is 1. The molecule has 0 aliphatic heterocycles. The second-order valence-electron chi connectivity index (χ2n) is 5.06. The Kier molecular flexibility index (Phi) is 4.19. The molecule has 0 bridgehead atoms. The van der Waals surface area contributed by atoms with Crippen LogP contribution in [0.2, 0.25) is 0 Å². The smallest absolute Gasteiger partial charge is 0.0724 e. The second kappa shape index (κ2) is 5.65. The van der Waals surface area contributed by atoms with Gasteiger partial charge in [-0.05, 0) is 49.8 Å². The minimum atomic E-state index is 0.402. The molecule has 1 fully saturated rings. The van der Waals surface area contributed by atoms with E-state index in [0.717, 1.165) is 6.54 Å². The molecule has 1 aromatic carbocycles. The molecule has 0 aromatic heterocycles. The van der Waals surface area contributed by atoms with Crippen LogP contribution in [0.1, 0.15) is 36.0 Å². The number of hydrogen-bond acceptors (Lipinski definition) is 2. The monoisotopic (exact) mass is 233 g/mol. The number of hydrogen-bond donors (Lipinski definition) is 1. The molecule has 2 rings (SSSR count). The summed E-state index contributed by atoms with van der Waals surface area (Å²) in [6, 6.07) is 7.03. The zero-order valence-corrected chi connectivity index (χ0v) is 11.1. The Bertz CT molecular complexity index is 355. The van der Waals surface area contributed by atoms with E-state index in [1.807, 2.05) is 7.11 Å². The van der Waals surface area contributed by atoms with E-state index in [4.69, 9.17) is 4.74 Å². The lowest BCUT2D eigenvalue weighted by Gasteiger charge is -2.21. The van der Waals surface area contributed by atoms with Crippen molar-refractivity contribution < 1.29 is 4.74 Å². The fraction of sp³-hybridized carbons (Fsp3) is 0.600. The number of ether oxygens (including phenoxy) is 1. The Morgan fingerprint density at radius 3 is 2.59 bits per heavy atom. The van der Waals surface area contributed by atoms with E-state index in [1.165, 1.54) is 36.0 Å². The Labute approximate surface area is 104 Å². The van der Waals surface area contributed by atoms with Crippen LogP contribution in [0.4, 0.5) is 0 Å². The van der Waals surface area contributed by atoms with Gasteiger partial charge in [0.05, 0.1) is 6.10 Å². The fourth-order valence-electron chi connectivity index (χ4n) is 2.80. The van der Waals surface area contributed by atoms with E-state index in [1.54, 1.807) is 0 Å². The molecule has 1 N–H and O–H groups in total. The highest BCUT2D eigenvalue weighted by Gasteiger charge is 2.26. The van der Waals surface area contributed by atoms with Crippen LogP contribution in [0.3, 0.4) is 0 Å². The van der Waals surface area contributed by atoms with Crippen LogP contribution in [0, 0.1) is 13.8 Å². The van der Waals surface area contributed by atoms with Gasteiger partial charge in [-0.15, -0.1) is 0 Å². The molecule has 0 radical (unpaired) electrons. The lowest BCUT2D eigenvalue weighted by Crippen LogP contribution is -2.36. The lowest BCUT2D eigenvalue weighted by molar-refractivity contribution is 0.0847. The van der Waals surface area contributed by atoms with Gasteiger partial charge < -0.3 is 10.1 Å². The Balaban J connectivity index is 1.98. The number of rotatable bonds is 4. The molecule has 0 heterocycles. The van der Waals surface area contributed by atoms with Gasteiger partial charge in [-0.2, -0.15) is 0 Å². The maximum atomic E-state index is 5.51. The van der Waals surface area contributed by atoms with Crippen molar-refractivity contribution in [3.63, 3.8) is 0 Å². The normalized spacial score (nSPS) is 24.2. The van der Waals surface area contributed by atoms with Crippen LogP contribution in [-0.2, 0) is 11.3 Å². The summed E-state index contributed by atoms with van der Waals surface area (Å²) in [5, 5.41) is 3.66. The molecule has 1 saturated carbocycles. The first-order valence-corrected chi connectivity index (χ1v) is 6.53. The van der Waals surface area contributed by atoms with Crippen LogP contribution in [0.25, 0.3) is 0 Å². The third-order valence-corrected chi connectivity index (χ3v) is 3.94. The van der Waals surface area contributed by atoms with Crippen molar-refractivity contribution in [2.45, 2.75) is 51.8 Å². The van der Waals surface area contributed by atoms with E-state index < -0.39 is 0 Å². The maximum Gasteiger partial charge on any atom is 0.0724 e. The van der Waals surface area contributed by atoms with Gasteiger partial charge in [0.15, 0.2) is 0 Å². The fourth-order valence-corrected chi connectivity index (χ4v) is 2.80. The Morgan fingerprint density at radius 1 is 1.24 bits per heavy atom. The molecule has 17 heavy (non-hydrogen) atoms. The lowest BCUT2D eigenvalue weighted by atomic mass is 10.0. The van der Waals surface area contributed by atoms with Gasteiger partial charge in [-0.25, -0.2) is 0 Å². The molecule has 2 heteroatoms. The molecular weight excluding hydrogens is 210 g/mol. The molecule has 1 aliphatic rings. The van der Waals surface area contributed by atoms with E-state index in [0.29, 0.717) is 12.1 Å². The molecule has 0 amide bonds. The summed E-state index contributed by atoms with van der Waals surface area (Å²) < 4.78 is 5.51. The van der Waals surface area contributed by atoms with Gasteiger partial charge in [-0.3, -0.25) is 0 Å². The van der Waals surface area contributed by atoms with Crippen LogP contribution in [0.15, 0.2) is 18.2 Å². The van der Waals surface area contributed by atoms with Crippen molar-refractivity contribution >= 4 is 0 Å². The Morgan fingerprint density at radius 2 is 1.94 bits per heavy atom. The van der Waals surface area contributed by atoms with Gasteiger partial charge >= 0.3 is 0 Å². The largest absolute Gasteiger partial charge is 0.380 e. The second-order valence-corrected chi connectivity index (χ2v) is 5.06. The van der Waals surface area contributed by atoms with Crippen LogP contribution >= 0.6 is 0 Å². The first-order chi connectivity index (χ1) is 8.22. The quantitative estimate of drug-likeness (QED) is 0.863. The van der Waals surface area contributed by atoms with E-state index in [-0.39, 0.29) is 0 Å². The summed E-state index contributed by atoms with van der Waals surface area (Å²) in [4.78, 5) is 0. The van der Waals surface area contributed by atoms with Gasteiger partial charge in [0, 0.05) is 19.7 Å². The summed E-state index contributed by atoms with van der Waals surface area (Å²) in [5.74, 6) is 0. The molecule has 2 atom stereocenters. The highest BCUT2D eigenvalue weighted by atomic mass is 16.5. The van der Waals surface area contributed by atoms with Gasteiger partial charge in [0.2, 0.25) is 0 Å². The molecule has 0 spiro atoms. The summed E-state index contributed by atoms with van der Waals surface area (Å²) in [5.41, 5.74) is 4.20. The zero-order valence-electron chi connectivity index (χ0n) is 11.1. The van der Waals surface area contributed by atoms with Crippen LogP contribution in [0.5, 0.6) is 0 Å². The SMILES string of the molecule is COC1CCCC1NCc1c(C)cccc1C. The van der Waals surface area contributed by atoms with Gasteiger partial charge in [0.25, 0.3) is 0 Å². The summed E-state index contributed by atoms with van der Waals surface area (Å²) >= 11 is 0. The first-order valence-electron chi connectivity index (χ1n) is 6.53. The summed E-state index contributed by atoms with van der Waals surface area (Å²) in [6.45, 7) is 5.34. The predicted octanol–water partition coefficient (Wildman–Crippen LogP) is 2.96. The minimum Gasteiger partial charge on any atom is -0.380 e. The average Bonchev–Trinajstić information content (AvgIpc) is 2.76.